The topological polar surface area (TPSA) is 35.1 Å². The van der Waals surface area contributed by atoms with Gasteiger partial charge >= 0.3 is 0 Å². The van der Waals surface area contributed by atoms with E-state index in [2.05, 4.69) is 138 Å². The van der Waals surface area contributed by atoms with Crippen molar-refractivity contribution in [2.75, 3.05) is 0 Å². The van der Waals surface area contributed by atoms with E-state index in [-0.39, 0.29) is 0 Å². The summed E-state index contributed by atoms with van der Waals surface area (Å²) in [5, 5.41) is 17.1. The lowest BCUT2D eigenvalue weighted by Crippen LogP contribution is -1.98. The quantitative estimate of drug-likeness (QED) is 0.149. The molecule has 0 amide bonds. The third-order valence-electron chi connectivity index (χ3n) is 9.10. The van der Waals surface area contributed by atoms with Gasteiger partial charge in [-0.25, -0.2) is 4.85 Å². The van der Waals surface area contributed by atoms with Gasteiger partial charge in [-0.05, 0) is 96.0 Å². The molecule has 0 fully saturated rings. The van der Waals surface area contributed by atoms with Crippen LogP contribution >= 0.6 is 0 Å². The van der Waals surface area contributed by atoms with Gasteiger partial charge in [0.05, 0.1) is 12.3 Å². The van der Waals surface area contributed by atoms with E-state index in [0.717, 1.165) is 44.5 Å². The van der Waals surface area contributed by atoms with Gasteiger partial charge in [-0.3, -0.25) is 0 Å². The van der Waals surface area contributed by atoms with Gasteiger partial charge < -0.3 is 0 Å². The minimum absolute atomic E-state index is 0.644. The van der Waals surface area contributed by atoms with E-state index >= 15 is 0 Å². The Kier molecular flexibility index (Phi) is 6.16. The third-order valence-corrected chi connectivity index (χ3v) is 9.10. The summed E-state index contributed by atoms with van der Waals surface area (Å²) in [5.41, 5.74) is 10.1. The SMILES string of the molecule is [C-]#[N+]c1ccc(-c2ccc(-c3ccc4nn(-c5ccc(-c6cc7ccccc7c7ccccc67)cc5)nc4c3)c3ccccc23)cc1. The van der Waals surface area contributed by atoms with E-state index in [1.165, 1.54) is 37.9 Å². The van der Waals surface area contributed by atoms with E-state index in [9.17, 15) is 0 Å². The van der Waals surface area contributed by atoms with E-state index in [1.807, 2.05) is 24.3 Å². The fourth-order valence-electron chi connectivity index (χ4n) is 6.78. The summed E-state index contributed by atoms with van der Waals surface area (Å²) in [7, 11) is 0. The molecule has 0 N–H and O–H groups in total. The highest BCUT2D eigenvalue weighted by atomic mass is 15.5. The van der Waals surface area contributed by atoms with Crippen molar-refractivity contribution in [1.82, 2.24) is 15.0 Å². The average molecular weight is 599 g/mol. The normalized spacial score (nSPS) is 11.4. The van der Waals surface area contributed by atoms with E-state index < -0.39 is 0 Å². The lowest BCUT2D eigenvalue weighted by molar-refractivity contribution is 0.766. The van der Waals surface area contributed by atoms with Gasteiger partial charge in [-0.15, -0.1) is 10.2 Å². The van der Waals surface area contributed by atoms with Crippen LogP contribution in [0.4, 0.5) is 5.69 Å². The zero-order chi connectivity index (χ0) is 31.3. The van der Waals surface area contributed by atoms with Crippen molar-refractivity contribution in [2.24, 2.45) is 0 Å². The lowest BCUT2D eigenvalue weighted by atomic mass is 9.92. The van der Waals surface area contributed by atoms with Gasteiger partial charge in [0.25, 0.3) is 0 Å². The number of nitrogens with zero attached hydrogens (tertiary/aromatic N) is 4. The Bertz CT molecular complexity index is 2680. The first-order valence-electron chi connectivity index (χ1n) is 15.6. The van der Waals surface area contributed by atoms with Gasteiger partial charge in [0.1, 0.15) is 11.0 Å². The molecule has 0 radical (unpaired) electrons. The molecule has 0 aliphatic heterocycles. The molecule has 9 aromatic rings. The number of hydrogen-bond acceptors (Lipinski definition) is 2. The van der Waals surface area contributed by atoms with E-state index in [1.54, 1.807) is 4.80 Å². The molecule has 0 spiro atoms. The maximum atomic E-state index is 7.28. The maximum absolute atomic E-state index is 7.28. The van der Waals surface area contributed by atoms with Crippen molar-refractivity contribution in [3.05, 3.63) is 169 Å². The van der Waals surface area contributed by atoms with Crippen molar-refractivity contribution in [1.29, 1.82) is 0 Å². The second-order valence-electron chi connectivity index (χ2n) is 11.8. The molecular formula is C43H26N4. The monoisotopic (exact) mass is 598 g/mol. The van der Waals surface area contributed by atoms with Crippen LogP contribution in [0, 0.1) is 6.57 Å². The molecule has 0 saturated carbocycles. The van der Waals surface area contributed by atoms with E-state index in [4.69, 9.17) is 16.8 Å². The van der Waals surface area contributed by atoms with Crippen LogP contribution in [0.3, 0.4) is 0 Å². The van der Waals surface area contributed by atoms with Crippen molar-refractivity contribution in [3.8, 4) is 39.1 Å². The molecule has 0 bridgehead atoms. The Morgan fingerprint density at radius 3 is 1.66 bits per heavy atom. The zero-order valence-electron chi connectivity index (χ0n) is 25.3. The standard InChI is InChI=1S/C43H26N4/c1-44-32-19-14-28(15-20-32)35-23-24-36(39-12-5-4-11-38(35)39)31-18-25-42-43(27-31)46-47(45-42)33-21-16-29(17-22-33)41-26-30-8-2-3-9-34(30)37-10-6-7-13-40(37)41/h2-27H. The molecule has 8 aromatic carbocycles. The summed E-state index contributed by atoms with van der Waals surface area (Å²) >= 11 is 0. The van der Waals surface area contributed by atoms with Crippen LogP contribution in [-0.4, -0.2) is 15.0 Å². The molecule has 9 rings (SSSR count). The van der Waals surface area contributed by atoms with E-state index in [0.29, 0.717) is 5.69 Å². The first-order valence-corrected chi connectivity index (χ1v) is 15.6. The summed E-state index contributed by atoms with van der Waals surface area (Å²) in [6.45, 7) is 7.28. The number of aromatic nitrogens is 3. The van der Waals surface area contributed by atoms with Crippen LogP contribution in [0.5, 0.6) is 0 Å². The fraction of sp³-hybridized carbons (Fsp3) is 0. The van der Waals surface area contributed by atoms with Crippen LogP contribution in [0.1, 0.15) is 0 Å². The summed E-state index contributed by atoms with van der Waals surface area (Å²) < 4.78 is 0. The smallest absolute Gasteiger partial charge is 0.187 e. The van der Waals surface area contributed by atoms with Gasteiger partial charge in [0.15, 0.2) is 5.69 Å². The zero-order valence-corrected chi connectivity index (χ0v) is 25.3. The predicted octanol–water partition coefficient (Wildman–Crippen LogP) is 11.4. The van der Waals surface area contributed by atoms with Crippen molar-refractivity contribution < 1.29 is 0 Å². The lowest BCUT2D eigenvalue weighted by Gasteiger charge is -2.12. The Morgan fingerprint density at radius 2 is 0.957 bits per heavy atom. The predicted molar refractivity (Wildman–Crippen MR) is 194 cm³/mol. The van der Waals surface area contributed by atoms with Crippen LogP contribution in [0.2, 0.25) is 0 Å². The Hall–Kier alpha value is -6.57. The summed E-state index contributed by atoms with van der Waals surface area (Å²) in [6, 6.07) is 54.9. The third kappa shape index (κ3) is 4.53. The Balaban J connectivity index is 1.08. The highest BCUT2D eigenvalue weighted by Crippen LogP contribution is 2.38. The van der Waals surface area contributed by atoms with Crippen molar-refractivity contribution >= 4 is 49.0 Å². The molecule has 1 aromatic heterocycles. The van der Waals surface area contributed by atoms with Gasteiger partial charge in [-0.2, -0.15) is 4.80 Å². The molecule has 0 saturated heterocycles. The number of fused-ring (bicyclic) bond motifs is 5. The van der Waals surface area contributed by atoms with Crippen molar-refractivity contribution in [2.45, 2.75) is 0 Å². The highest BCUT2D eigenvalue weighted by Gasteiger charge is 2.13. The maximum Gasteiger partial charge on any atom is 0.187 e. The van der Waals surface area contributed by atoms with Crippen LogP contribution in [0.15, 0.2) is 158 Å². The first-order chi connectivity index (χ1) is 23.2. The van der Waals surface area contributed by atoms with Crippen LogP contribution < -0.4 is 0 Å². The second-order valence-corrected chi connectivity index (χ2v) is 11.8. The van der Waals surface area contributed by atoms with Crippen LogP contribution in [-0.2, 0) is 0 Å². The van der Waals surface area contributed by atoms with Gasteiger partial charge in [0, 0.05) is 0 Å². The number of rotatable bonds is 4. The largest absolute Gasteiger partial charge is 0.238 e. The summed E-state index contributed by atoms with van der Waals surface area (Å²) in [6.07, 6.45) is 0. The summed E-state index contributed by atoms with van der Waals surface area (Å²) in [5.74, 6) is 0. The van der Waals surface area contributed by atoms with Crippen LogP contribution in [0.25, 0.3) is 87.3 Å². The molecule has 4 heteroatoms. The average Bonchev–Trinajstić information content (AvgIpc) is 3.58. The fourth-order valence-corrected chi connectivity index (χ4v) is 6.78. The minimum Gasteiger partial charge on any atom is -0.238 e. The molecule has 0 aliphatic rings. The van der Waals surface area contributed by atoms with Crippen molar-refractivity contribution in [3.63, 3.8) is 0 Å². The Labute approximate surface area is 271 Å². The second kappa shape index (κ2) is 10.8. The summed E-state index contributed by atoms with van der Waals surface area (Å²) in [4.78, 5) is 5.27. The molecule has 4 nitrogen and oxygen atoms in total. The van der Waals surface area contributed by atoms with Gasteiger partial charge in [-0.1, -0.05) is 127 Å². The number of benzene rings is 8. The highest BCUT2D eigenvalue weighted by molar-refractivity contribution is 6.13. The molecule has 0 unspecified atom stereocenters. The van der Waals surface area contributed by atoms with Gasteiger partial charge in [0.2, 0.25) is 0 Å². The molecule has 0 aliphatic carbocycles. The molecular weight excluding hydrogens is 573 g/mol. The first kappa shape index (κ1) is 26.8. The Morgan fingerprint density at radius 1 is 0.426 bits per heavy atom. The molecule has 0 atom stereocenters. The molecule has 218 valence electrons. The molecule has 47 heavy (non-hydrogen) atoms. The number of hydrogen-bond donors (Lipinski definition) is 0. The molecule has 1 heterocycles. The minimum atomic E-state index is 0.644.